The standard InChI is InChI=1S/C21H31N3O5/c22-13-5-4-9-16(19(25)24-14-6-10-18(24)21(28)29)23-17(20(26)27)12-11-15-7-2-1-3-8-15/h1-3,7-8,16-18,23H,4-6,9-14,22H2,(H,26,27)(H,28,29)/t16-,17-,18-/m1/s1. The lowest BCUT2D eigenvalue weighted by atomic mass is 10.0. The number of benzene rings is 1. The zero-order chi connectivity index (χ0) is 21.2. The summed E-state index contributed by atoms with van der Waals surface area (Å²) in [5.74, 6) is -2.37. The van der Waals surface area contributed by atoms with Gasteiger partial charge in [0.05, 0.1) is 6.04 Å². The molecule has 1 aliphatic heterocycles. The van der Waals surface area contributed by atoms with Crippen LogP contribution in [-0.4, -0.2) is 64.2 Å². The summed E-state index contributed by atoms with van der Waals surface area (Å²) in [5, 5.41) is 22.0. The summed E-state index contributed by atoms with van der Waals surface area (Å²) in [6.07, 6.45) is 3.76. The molecule has 1 aromatic rings. The Hall–Kier alpha value is -2.45. The van der Waals surface area contributed by atoms with E-state index in [2.05, 4.69) is 5.32 Å². The second-order valence-electron chi connectivity index (χ2n) is 7.45. The first kappa shape index (κ1) is 22.8. The number of aliphatic carboxylic acids is 2. The second-order valence-corrected chi connectivity index (χ2v) is 7.45. The van der Waals surface area contributed by atoms with E-state index in [9.17, 15) is 24.6 Å². The van der Waals surface area contributed by atoms with Crippen molar-refractivity contribution in [2.75, 3.05) is 13.1 Å². The van der Waals surface area contributed by atoms with Crippen LogP contribution in [0.25, 0.3) is 0 Å². The maximum atomic E-state index is 13.1. The highest BCUT2D eigenvalue weighted by atomic mass is 16.4. The van der Waals surface area contributed by atoms with Crippen molar-refractivity contribution >= 4 is 17.8 Å². The molecule has 0 bridgehead atoms. The van der Waals surface area contributed by atoms with Crippen molar-refractivity contribution in [2.45, 2.75) is 63.1 Å². The number of nitrogens with one attached hydrogen (secondary N) is 1. The van der Waals surface area contributed by atoms with Gasteiger partial charge in [0.2, 0.25) is 5.91 Å². The Labute approximate surface area is 171 Å². The molecule has 2 rings (SSSR count). The molecule has 1 heterocycles. The summed E-state index contributed by atoms with van der Waals surface area (Å²) in [7, 11) is 0. The van der Waals surface area contributed by atoms with Crippen molar-refractivity contribution < 1.29 is 24.6 Å². The van der Waals surface area contributed by atoms with Crippen LogP contribution in [0.15, 0.2) is 30.3 Å². The number of unbranched alkanes of at least 4 members (excludes halogenated alkanes) is 1. The Morgan fingerprint density at radius 3 is 2.45 bits per heavy atom. The van der Waals surface area contributed by atoms with E-state index in [1.165, 1.54) is 4.90 Å². The number of aryl methyl sites for hydroxylation is 1. The molecule has 1 aromatic carbocycles. The van der Waals surface area contributed by atoms with Gasteiger partial charge in [0.1, 0.15) is 12.1 Å². The van der Waals surface area contributed by atoms with E-state index in [0.717, 1.165) is 12.0 Å². The van der Waals surface area contributed by atoms with Gasteiger partial charge in [-0.3, -0.25) is 14.9 Å². The molecule has 5 N–H and O–H groups in total. The number of nitrogens with zero attached hydrogens (tertiary/aromatic N) is 1. The molecule has 1 amide bonds. The van der Waals surface area contributed by atoms with Crippen molar-refractivity contribution in [3.05, 3.63) is 35.9 Å². The van der Waals surface area contributed by atoms with Crippen LogP contribution in [-0.2, 0) is 20.8 Å². The molecule has 0 unspecified atom stereocenters. The summed E-state index contributed by atoms with van der Waals surface area (Å²) >= 11 is 0. The fraction of sp³-hybridized carbons (Fsp3) is 0.571. The highest BCUT2D eigenvalue weighted by Gasteiger charge is 2.38. The zero-order valence-corrected chi connectivity index (χ0v) is 16.6. The minimum Gasteiger partial charge on any atom is -0.480 e. The monoisotopic (exact) mass is 405 g/mol. The van der Waals surface area contributed by atoms with E-state index in [1.54, 1.807) is 0 Å². The van der Waals surface area contributed by atoms with Crippen molar-refractivity contribution in [3.63, 3.8) is 0 Å². The van der Waals surface area contributed by atoms with E-state index < -0.39 is 30.1 Å². The number of hydrogen-bond donors (Lipinski definition) is 4. The number of carboxylic acids is 2. The van der Waals surface area contributed by atoms with Crippen molar-refractivity contribution in [1.82, 2.24) is 10.2 Å². The molecule has 0 aliphatic carbocycles. The third kappa shape index (κ3) is 6.83. The van der Waals surface area contributed by atoms with Gasteiger partial charge in [0, 0.05) is 6.54 Å². The van der Waals surface area contributed by atoms with E-state index in [0.29, 0.717) is 51.6 Å². The van der Waals surface area contributed by atoms with Gasteiger partial charge in [-0.2, -0.15) is 0 Å². The lowest BCUT2D eigenvalue weighted by molar-refractivity contribution is -0.149. The van der Waals surface area contributed by atoms with E-state index in [1.807, 2.05) is 30.3 Å². The molecule has 3 atom stereocenters. The molecule has 0 saturated carbocycles. The van der Waals surface area contributed by atoms with Gasteiger partial charge in [0.25, 0.3) is 0 Å². The number of carboxylic acid groups (broad SMARTS) is 2. The van der Waals surface area contributed by atoms with Crippen LogP contribution in [0, 0.1) is 0 Å². The number of amides is 1. The SMILES string of the molecule is NCCCC[C@@H](N[C@H](CCc1ccccc1)C(=O)O)C(=O)N1CCC[C@@H]1C(=O)O. The van der Waals surface area contributed by atoms with E-state index in [4.69, 9.17) is 5.73 Å². The Morgan fingerprint density at radius 1 is 1.10 bits per heavy atom. The van der Waals surface area contributed by atoms with Crippen LogP contribution in [0.5, 0.6) is 0 Å². The Bertz CT molecular complexity index is 682. The van der Waals surface area contributed by atoms with Gasteiger partial charge in [-0.1, -0.05) is 36.8 Å². The maximum Gasteiger partial charge on any atom is 0.326 e. The molecule has 29 heavy (non-hydrogen) atoms. The summed E-state index contributed by atoms with van der Waals surface area (Å²) in [6.45, 7) is 0.866. The zero-order valence-electron chi connectivity index (χ0n) is 16.6. The molecule has 0 spiro atoms. The molecule has 1 fully saturated rings. The molecular formula is C21H31N3O5. The van der Waals surface area contributed by atoms with Gasteiger partial charge in [-0.15, -0.1) is 0 Å². The number of nitrogens with two attached hydrogens (primary N) is 1. The van der Waals surface area contributed by atoms with Crippen LogP contribution < -0.4 is 11.1 Å². The largest absolute Gasteiger partial charge is 0.480 e. The summed E-state index contributed by atoms with van der Waals surface area (Å²) in [4.78, 5) is 37.7. The predicted octanol–water partition coefficient (Wildman–Crippen LogP) is 1.24. The predicted molar refractivity (Wildman–Crippen MR) is 108 cm³/mol. The molecular weight excluding hydrogens is 374 g/mol. The molecule has 8 heteroatoms. The van der Waals surface area contributed by atoms with E-state index >= 15 is 0 Å². The second kappa shape index (κ2) is 11.5. The number of likely N-dealkylation sites (tertiary alicyclic amines) is 1. The molecule has 1 aliphatic rings. The van der Waals surface area contributed by atoms with Crippen molar-refractivity contribution in [2.24, 2.45) is 5.73 Å². The van der Waals surface area contributed by atoms with Crippen LogP contribution in [0.1, 0.15) is 44.1 Å². The molecule has 1 saturated heterocycles. The Morgan fingerprint density at radius 2 is 1.83 bits per heavy atom. The number of rotatable bonds is 12. The topological polar surface area (TPSA) is 133 Å². The van der Waals surface area contributed by atoms with Gasteiger partial charge >= 0.3 is 11.9 Å². The van der Waals surface area contributed by atoms with Crippen LogP contribution in [0.3, 0.4) is 0 Å². The summed E-state index contributed by atoms with van der Waals surface area (Å²) < 4.78 is 0. The van der Waals surface area contributed by atoms with Crippen LogP contribution >= 0.6 is 0 Å². The fourth-order valence-electron chi connectivity index (χ4n) is 3.73. The minimum atomic E-state index is -1.02. The quantitative estimate of drug-likeness (QED) is 0.384. The smallest absolute Gasteiger partial charge is 0.326 e. The average Bonchev–Trinajstić information content (AvgIpc) is 3.20. The third-order valence-corrected chi connectivity index (χ3v) is 5.33. The molecule has 0 aromatic heterocycles. The Kier molecular flexibility index (Phi) is 9.08. The number of carbonyl (C=O) groups is 3. The van der Waals surface area contributed by atoms with Crippen molar-refractivity contribution in [1.29, 1.82) is 0 Å². The lowest BCUT2D eigenvalue weighted by Crippen LogP contribution is -2.54. The minimum absolute atomic E-state index is 0.335. The highest BCUT2D eigenvalue weighted by molar-refractivity contribution is 5.88. The van der Waals surface area contributed by atoms with Gasteiger partial charge in [-0.05, 0) is 50.6 Å². The fourth-order valence-corrected chi connectivity index (χ4v) is 3.73. The van der Waals surface area contributed by atoms with Gasteiger partial charge < -0.3 is 20.8 Å². The average molecular weight is 405 g/mol. The normalized spacial score (nSPS) is 18.4. The first-order chi connectivity index (χ1) is 13.9. The Balaban J connectivity index is 2.08. The maximum absolute atomic E-state index is 13.1. The first-order valence-electron chi connectivity index (χ1n) is 10.2. The van der Waals surface area contributed by atoms with Gasteiger partial charge in [-0.25, -0.2) is 4.79 Å². The van der Waals surface area contributed by atoms with Crippen LogP contribution in [0.4, 0.5) is 0 Å². The molecule has 8 nitrogen and oxygen atoms in total. The van der Waals surface area contributed by atoms with Crippen LogP contribution in [0.2, 0.25) is 0 Å². The molecule has 160 valence electrons. The third-order valence-electron chi connectivity index (χ3n) is 5.33. The lowest BCUT2D eigenvalue weighted by Gasteiger charge is -2.29. The first-order valence-corrected chi connectivity index (χ1v) is 10.2. The summed E-state index contributed by atoms with van der Waals surface area (Å²) in [6, 6.07) is 7.10. The summed E-state index contributed by atoms with van der Waals surface area (Å²) in [5.41, 5.74) is 6.57. The highest BCUT2D eigenvalue weighted by Crippen LogP contribution is 2.20. The molecule has 0 radical (unpaired) electrons. The number of carbonyl (C=O) groups excluding carboxylic acids is 1. The van der Waals surface area contributed by atoms with E-state index in [-0.39, 0.29) is 5.91 Å². The van der Waals surface area contributed by atoms with Gasteiger partial charge in [0.15, 0.2) is 0 Å². The number of hydrogen-bond acceptors (Lipinski definition) is 5. The van der Waals surface area contributed by atoms with Crippen molar-refractivity contribution in [3.8, 4) is 0 Å².